The van der Waals surface area contributed by atoms with Gasteiger partial charge in [-0.15, -0.1) is 0 Å². The Balaban J connectivity index is 0.000000284. The molecule has 1 fully saturated rings. The first-order valence-electron chi connectivity index (χ1n) is 34.2. The van der Waals surface area contributed by atoms with Crippen molar-refractivity contribution >= 4 is 59.8 Å². The molecule has 0 heterocycles. The van der Waals surface area contributed by atoms with Gasteiger partial charge in [0.15, 0.2) is 30.9 Å². The molecule has 3 unspecified atom stereocenters. The summed E-state index contributed by atoms with van der Waals surface area (Å²) in [6, 6.07) is 55.5. The first-order valence-corrected chi connectivity index (χ1v) is 38.2. The van der Waals surface area contributed by atoms with Crippen LogP contribution in [0.15, 0.2) is 191 Å². The van der Waals surface area contributed by atoms with E-state index in [4.69, 9.17) is 24.4 Å². The van der Waals surface area contributed by atoms with Crippen LogP contribution in [-0.2, 0) is 50.2 Å². The number of carbonyl (C=O) groups is 3. The third kappa shape index (κ3) is 25.5. The van der Waals surface area contributed by atoms with Crippen LogP contribution in [0.25, 0.3) is 10.8 Å². The number of hydrogen-bond donors (Lipinski definition) is 2. The molecule has 15 nitrogen and oxygen atoms in total. The molecule has 1 saturated carbocycles. The van der Waals surface area contributed by atoms with Crippen molar-refractivity contribution in [2.45, 2.75) is 202 Å². The molecular weight excluding hydrogens is 1440 g/mol. The number of rotatable bonds is 26. The Bertz CT molecular complexity index is 3970. The maximum Gasteiger partial charge on any atom is 0.450 e. The predicted molar refractivity (Wildman–Crippen MR) is 385 cm³/mol. The summed E-state index contributed by atoms with van der Waals surface area (Å²) < 4.78 is 194. The van der Waals surface area contributed by atoms with Crippen molar-refractivity contribution in [1.29, 1.82) is 0 Å². The molecule has 7 aromatic rings. The number of aliphatic hydroxyl groups excluding tert-OH is 2. The topological polar surface area (TPSA) is 229 Å². The third-order valence-corrected chi connectivity index (χ3v) is 22.2. The summed E-state index contributed by atoms with van der Waals surface area (Å²) >= 11 is 0. The highest BCUT2D eigenvalue weighted by Crippen LogP contribution is 2.51. The number of benzene rings is 7. The van der Waals surface area contributed by atoms with E-state index in [1.54, 1.807) is 41.5 Å². The van der Waals surface area contributed by atoms with Crippen LogP contribution >= 0.6 is 0 Å². The molecule has 0 spiro atoms. The van der Waals surface area contributed by atoms with Crippen molar-refractivity contribution in [1.82, 2.24) is 0 Å². The summed E-state index contributed by atoms with van der Waals surface area (Å²) in [5.41, 5.74) is 1.22. The molecule has 1 aliphatic rings. The Morgan fingerprint density at radius 1 is 0.552 bits per heavy atom. The van der Waals surface area contributed by atoms with Crippen LogP contribution in [-0.4, -0.2) is 104 Å². The number of halogens is 9. The zero-order valence-electron chi connectivity index (χ0n) is 60.9. The maximum absolute atomic E-state index is 13.7. The van der Waals surface area contributed by atoms with Gasteiger partial charge in [0, 0.05) is 0 Å². The van der Waals surface area contributed by atoms with Gasteiger partial charge in [0.05, 0.1) is 33.9 Å². The predicted octanol–water partition coefficient (Wildman–Crippen LogP) is 19.2. The Hall–Kier alpha value is -7.69. The first kappa shape index (κ1) is 89.7. The lowest BCUT2D eigenvalue weighted by Crippen LogP contribution is -2.61. The van der Waals surface area contributed by atoms with E-state index in [0.29, 0.717) is 54.9 Å². The van der Waals surface area contributed by atoms with E-state index < -0.39 is 84.1 Å². The minimum atomic E-state index is -7.39. The second-order valence-corrected chi connectivity index (χ2v) is 31.8. The SMILES string of the molecule is CCC(C)(C)C(=O)OCC(O)C(F)(F)F.CCC(C)(C)C(=O)Oc1ccc(OS(=O)(=O)C(F)(F)C(F)(F)C(F)(F)S(=O)(=O)[O-])cc1.CCC(C)c1ccc(C(=O)OC(C)(C)C2CCCCC2)cc1.CCC(C)c1ccc2cc(OCCO)ccc2c1.c1ccc([S+](c2ccccc2)c2ccccc2)cc1. The molecule has 7 aromatic carbocycles. The van der Waals surface area contributed by atoms with Gasteiger partial charge >= 0.3 is 50.6 Å². The fourth-order valence-electron chi connectivity index (χ4n) is 9.68. The largest absolute Gasteiger partial charge is 0.743 e. The summed E-state index contributed by atoms with van der Waals surface area (Å²) in [6.07, 6.45) is 1.90. The van der Waals surface area contributed by atoms with Crippen molar-refractivity contribution in [3.63, 3.8) is 0 Å². The van der Waals surface area contributed by atoms with Crippen LogP contribution in [0, 0.1) is 16.7 Å². The van der Waals surface area contributed by atoms with E-state index in [1.165, 1.54) is 68.7 Å². The number of aliphatic hydroxyl groups is 2. The molecule has 0 amide bonds. The van der Waals surface area contributed by atoms with Gasteiger partial charge in [-0.2, -0.15) is 47.9 Å². The van der Waals surface area contributed by atoms with E-state index in [9.17, 15) is 75.3 Å². The van der Waals surface area contributed by atoms with Crippen LogP contribution in [0.1, 0.15) is 174 Å². The van der Waals surface area contributed by atoms with Crippen LogP contribution in [0.4, 0.5) is 39.5 Å². The van der Waals surface area contributed by atoms with Gasteiger partial charge in [-0.05, 0) is 205 Å². The minimum Gasteiger partial charge on any atom is -0.743 e. The number of carbonyl (C=O) groups excluding carboxylic acids is 3. The Morgan fingerprint density at radius 2 is 0.981 bits per heavy atom. The van der Waals surface area contributed by atoms with Gasteiger partial charge in [0.2, 0.25) is 0 Å². The van der Waals surface area contributed by atoms with Crippen LogP contribution in [0.5, 0.6) is 17.2 Å². The van der Waals surface area contributed by atoms with Crippen LogP contribution < -0.4 is 13.7 Å². The van der Waals surface area contributed by atoms with Crippen LogP contribution in [0.3, 0.4) is 0 Å². The molecule has 8 rings (SSSR count). The molecule has 0 saturated heterocycles. The van der Waals surface area contributed by atoms with Gasteiger partial charge in [0.1, 0.15) is 36.1 Å². The van der Waals surface area contributed by atoms with Gasteiger partial charge < -0.3 is 37.9 Å². The summed E-state index contributed by atoms with van der Waals surface area (Å²) in [5.74, 6) is -7.72. The summed E-state index contributed by atoms with van der Waals surface area (Å²) in [6.45, 7) is 21.9. The number of esters is 3. The number of alkyl halides is 9. The highest BCUT2D eigenvalue weighted by molar-refractivity contribution is 7.97. The lowest BCUT2D eigenvalue weighted by atomic mass is 9.79. The monoisotopic (exact) mass is 1540 g/mol. The fourth-order valence-corrected chi connectivity index (χ4v) is 13.2. The molecule has 2 N–H and O–H groups in total. The Labute approximate surface area is 613 Å². The zero-order chi connectivity index (χ0) is 79.0. The van der Waals surface area contributed by atoms with E-state index in [0.717, 1.165) is 30.7 Å². The number of ether oxygens (including phenoxy) is 4. The summed E-state index contributed by atoms with van der Waals surface area (Å²) in [7, 11) is -14.4. The Morgan fingerprint density at radius 3 is 1.43 bits per heavy atom. The number of fused-ring (bicyclic) bond motifs is 1. The van der Waals surface area contributed by atoms with E-state index in [-0.39, 0.29) is 34.8 Å². The van der Waals surface area contributed by atoms with Gasteiger partial charge in [-0.1, -0.05) is 152 Å². The van der Waals surface area contributed by atoms with Gasteiger partial charge in [-0.25, -0.2) is 13.2 Å². The standard InChI is InChI=1S/C20H30O2.C18H15S.C16H20O2.C15H16F6O8S2.C9H15F3O3/c1-5-15(2)16-11-13-17(14-12-16)19(21)22-20(3,4)18-9-7-6-8-10-18;1-4-10-16(11-5-1)19(17-12-6-2-7-13-17)18-14-8-3-9-15-18;1-3-12(2)13-4-5-15-11-16(18-9-8-17)7-6-14(15)10-13;1-4-12(2,3)11(22)28-9-5-7-10(8-6-9)29-31(26,27)15(20,21)13(16,17)14(18,19)30(23,24)25;1-4-8(2,3)7(14)15-5-6(13)9(10,11)12/h11-15,18H,5-10H2,1-4H3;1-15H;4-7,10-12,17H,3,8-9H2,1-2H3;5-8H,4H2,1-3H3,(H,23,24,25);6,13H,4-5H2,1-3H3/q;+1;;;/p-1. The van der Waals surface area contributed by atoms with E-state index in [1.807, 2.05) is 24.3 Å². The number of hydrogen-bond acceptors (Lipinski definition) is 15. The highest BCUT2D eigenvalue weighted by Gasteiger charge is 2.81. The van der Waals surface area contributed by atoms with E-state index in [2.05, 4.69) is 178 Å². The average molecular weight is 1540 g/mol. The molecule has 1 aliphatic carbocycles. The molecular formula is C78H95F9O15S3. The van der Waals surface area contributed by atoms with Crippen molar-refractivity contribution in [3.8, 4) is 17.2 Å². The quantitative estimate of drug-likeness (QED) is 0.0128. The Kier molecular flexibility index (Phi) is 33.5. The normalized spacial score (nSPS) is 14.2. The third-order valence-electron chi connectivity index (χ3n) is 17.8. The zero-order valence-corrected chi connectivity index (χ0v) is 63.3. The fraction of sp³-hybridized carbons (Fsp3) is 0.449. The molecule has 3 atom stereocenters. The van der Waals surface area contributed by atoms with Gasteiger partial charge in [0.25, 0.3) is 0 Å². The van der Waals surface area contributed by atoms with Crippen molar-refractivity contribution in [2.24, 2.45) is 16.7 Å². The highest BCUT2D eigenvalue weighted by atomic mass is 32.2. The molecule has 578 valence electrons. The van der Waals surface area contributed by atoms with Crippen molar-refractivity contribution in [2.75, 3.05) is 19.8 Å². The van der Waals surface area contributed by atoms with E-state index >= 15 is 0 Å². The second kappa shape index (κ2) is 39.2. The molecule has 0 aromatic heterocycles. The van der Waals surface area contributed by atoms with Crippen LogP contribution in [0.2, 0.25) is 0 Å². The van der Waals surface area contributed by atoms with Crippen molar-refractivity contribution < 1.29 is 109 Å². The first-order chi connectivity index (χ1) is 48.9. The molecule has 0 bridgehead atoms. The lowest BCUT2D eigenvalue weighted by Gasteiger charge is -2.36. The minimum absolute atomic E-state index is 0.0146. The molecule has 105 heavy (non-hydrogen) atoms. The molecule has 27 heteroatoms. The lowest BCUT2D eigenvalue weighted by molar-refractivity contribution is -0.247. The molecule has 0 aliphatic heterocycles. The maximum atomic E-state index is 13.7. The smallest absolute Gasteiger partial charge is 0.450 e. The summed E-state index contributed by atoms with van der Waals surface area (Å²) in [4.78, 5) is 39.7. The second-order valence-electron chi connectivity index (χ2n) is 26.7. The van der Waals surface area contributed by atoms with Crippen molar-refractivity contribution in [3.05, 3.63) is 193 Å². The van der Waals surface area contributed by atoms with Gasteiger partial charge in [-0.3, -0.25) is 9.59 Å². The average Bonchev–Trinajstić information content (AvgIpc) is 0.723. The molecule has 0 radical (unpaired) electrons. The summed E-state index contributed by atoms with van der Waals surface area (Å²) in [5, 5.41) is 5.91.